The van der Waals surface area contributed by atoms with E-state index in [9.17, 15) is 13.6 Å². The van der Waals surface area contributed by atoms with Crippen molar-refractivity contribution in [2.24, 2.45) is 0 Å². The van der Waals surface area contributed by atoms with Gasteiger partial charge in [-0.1, -0.05) is 13.0 Å². The molecule has 1 aromatic rings. The minimum atomic E-state index is -3.05. The number of hydrogen-bond donors (Lipinski definition) is 1. The second-order valence-corrected chi connectivity index (χ2v) is 3.54. The van der Waals surface area contributed by atoms with Gasteiger partial charge in [0, 0.05) is 0 Å². The topological polar surface area (TPSA) is 70.3 Å². The minimum absolute atomic E-state index is 0.157. The quantitative estimate of drug-likeness (QED) is 0.876. The number of carbonyl (C=O) groups is 1. The number of nitrogens with zero attached hydrogens (tertiary/aromatic N) is 1. The lowest BCUT2D eigenvalue weighted by Gasteiger charge is -2.11. The fourth-order valence-corrected chi connectivity index (χ4v) is 1.56. The summed E-state index contributed by atoms with van der Waals surface area (Å²) in [6, 6.07) is 4.55. The van der Waals surface area contributed by atoms with E-state index in [1.807, 2.05) is 0 Å². The van der Waals surface area contributed by atoms with Crippen LogP contribution in [-0.4, -0.2) is 17.7 Å². The maximum absolute atomic E-state index is 12.2. The molecule has 0 aliphatic carbocycles. The molecule has 0 bridgehead atoms. The van der Waals surface area contributed by atoms with Crippen molar-refractivity contribution < 1.29 is 23.4 Å². The molecular formula is C12H11F2NO3. The Balaban J connectivity index is 3.31. The van der Waals surface area contributed by atoms with Gasteiger partial charge in [0.05, 0.1) is 12.0 Å². The lowest BCUT2D eigenvalue weighted by molar-refractivity contribution is -0.136. The Bertz CT molecular complexity index is 495. The molecular weight excluding hydrogens is 244 g/mol. The number of nitriles is 1. The van der Waals surface area contributed by atoms with Crippen molar-refractivity contribution in [2.45, 2.75) is 26.4 Å². The number of halogens is 2. The van der Waals surface area contributed by atoms with Crippen molar-refractivity contribution >= 4 is 5.97 Å². The number of carboxylic acid groups (broad SMARTS) is 1. The molecule has 0 fully saturated rings. The number of alkyl halides is 2. The van der Waals surface area contributed by atoms with E-state index in [0.717, 1.165) is 0 Å². The predicted molar refractivity (Wildman–Crippen MR) is 58.5 cm³/mol. The van der Waals surface area contributed by atoms with Crippen molar-refractivity contribution in [2.75, 3.05) is 0 Å². The predicted octanol–water partition coefficient (Wildman–Crippen LogP) is 2.35. The number of ether oxygens (including phenoxy) is 1. The summed E-state index contributed by atoms with van der Waals surface area (Å²) in [7, 11) is 0. The van der Waals surface area contributed by atoms with Gasteiger partial charge in [0.1, 0.15) is 11.8 Å². The zero-order valence-corrected chi connectivity index (χ0v) is 9.61. The van der Waals surface area contributed by atoms with E-state index in [0.29, 0.717) is 12.0 Å². The SMILES string of the molecule is CCc1cc(CC(=O)O)c(C#N)c(OC(F)F)c1. The first-order chi connectivity index (χ1) is 8.47. The van der Waals surface area contributed by atoms with Gasteiger partial charge >= 0.3 is 12.6 Å². The molecule has 0 saturated carbocycles. The number of aryl methyl sites for hydroxylation is 1. The highest BCUT2D eigenvalue weighted by atomic mass is 19.3. The van der Waals surface area contributed by atoms with Crippen LogP contribution >= 0.6 is 0 Å². The van der Waals surface area contributed by atoms with Gasteiger partial charge in [-0.25, -0.2) is 0 Å². The molecule has 6 heteroatoms. The highest BCUT2D eigenvalue weighted by Gasteiger charge is 2.16. The lowest BCUT2D eigenvalue weighted by Crippen LogP contribution is -2.08. The molecule has 1 rings (SSSR count). The monoisotopic (exact) mass is 255 g/mol. The molecule has 4 nitrogen and oxygen atoms in total. The van der Waals surface area contributed by atoms with Crippen molar-refractivity contribution in [1.82, 2.24) is 0 Å². The summed E-state index contributed by atoms with van der Waals surface area (Å²) < 4.78 is 28.7. The molecule has 0 heterocycles. The molecule has 0 unspecified atom stereocenters. The van der Waals surface area contributed by atoms with Crippen LogP contribution in [0.2, 0.25) is 0 Å². The third kappa shape index (κ3) is 3.42. The van der Waals surface area contributed by atoms with Crippen LogP contribution in [0.25, 0.3) is 0 Å². The average molecular weight is 255 g/mol. The first-order valence-electron chi connectivity index (χ1n) is 5.20. The summed E-state index contributed by atoms with van der Waals surface area (Å²) in [5, 5.41) is 17.6. The van der Waals surface area contributed by atoms with Crippen LogP contribution in [-0.2, 0) is 17.6 Å². The molecule has 0 aliphatic rings. The van der Waals surface area contributed by atoms with Crippen LogP contribution in [0.5, 0.6) is 5.75 Å². The standard InChI is InChI=1S/C12H11F2NO3/c1-2-7-3-8(5-11(16)17)9(6-15)10(4-7)18-12(13)14/h3-4,12H,2,5H2,1H3,(H,16,17). The Morgan fingerprint density at radius 2 is 2.22 bits per heavy atom. The summed E-state index contributed by atoms with van der Waals surface area (Å²) in [5.41, 5.74) is 0.663. The second kappa shape index (κ2) is 5.96. The van der Waals surface area contributed by atoms with Crippen LogP contribution < -0.4 is 4.74 Å². The highest BCUT2D eigenvalue weighted by molar-refractivity contribution is 5.72. The van der Waals surface area contributed by atoms with E-state index in [1.165, 1.54) is 12.1 Å². The number of hydrogen-bond acceptors (Lipinski definition) is 3. The number of carboxylic acids is 1. The van der Waals surface area contributed by atoms with Crippen molar-refractivity contribution in [3.63, 3.8) is 0 Å². The highest BCUT2D eigenvalue weighted by Crippen LogP contribution is 2.26. The van der Waals surface area contributed by atoms with Gasteiger partial charge in [0.15, 0.2) is 0 Å². The van der Waals surface area contributed by atoms with E-state index in [4.69, 9.17) is 10.4 Å². The summed E-state index contributed by atoms with van der Waals surface area (Å²) in [4.78, 5) is 10.7. The Morgan fingerprint density at radius 1 is 1.56 bits per heavy atom. The number of rotatable bonds is 5. The van der Waals surface area contributed by atoms with E-state index in [2.05, 4.69) is 4.74 Å². The normalized spacial score (nSPS) is 10.2. The minimum Gasteiger partial charge on any atom is -0.481 e. The molecule has 0 aromatic heterocycles. The van der Waals surface area contributed by atoms with Gasteiger partial charge in [0.2, 0.25) is 0 Å². The molecule has 0 radical (unpaired) electrons. The van der Waals surface area contributed by atoms with E-state index >= 15 is 0 Å². The Kier molecular flexibility index (Phi) is 4.60. The number of benzene rings is 1. The van der Waals surface area contributed by atoms with Gasteiger partial charge in [-0.05, 0) is 23.6 Å². The second-order valence-electron chi connectivity index (χ2n) is 3.54. The zero-order chi connectivity index (χ0) is 13.7. The van der Waals surface area contributed by atoms with Crippen molar-refractivity contribution in [3.8, 4) is 11.8 Å². The van der Waals surface area contributed by atoms with Crippen LogP contribution in [0.1, 0.15) is 23.6 Å². The molecule has 0 saturated heterocycles. The Labute approximate surface area is 102 Å². The maximum atomic E-state index is 12.2. The van der Waals surface area contributed by atoms with Gasteiger partial charge in [-0.15, -0.1) is 0 Å². The van der Waals surface area contributed by atoms with Crippen LogP contribution in [0, 0.1) is 11.3 Å². The van der Waals surface area contributed by atoms with Crippen molar-refractivity contribution in [3.05, 3.63) is 28.8 Å². The van der Waals surface area contributed by atoms with E-state index in [-0.39, 0.29) is 16.9 Å². The fraction of sp³-hybridized carbons (Fsp3) is 0.333. The molecule has 1 aromatic carbocycles. The third-order valence-corrected chi connectivity index (χ3v) is 2.32. The van der Waals surface area contributed by atoms with Crippen LogP contribution in [0.15, 0.2) is 12.1 Å². The Morgan fingerprint density at radius 3 is 2.67 bits per heavy atom. The smallest absolute Gasteiger partial charge is 0.387 e. The molecule has 0 spiro atoms. The third-order valence-electron chi connectivity index (χ3n) is 2.32. The van der Waals surface area contributed by atoms with Crippen LogP contribution in [0.3, 0.4) is 0 Å². The lowest BCUT2D eigenvalue weighted by atomic mass is 9.99. The molecule has 18 heavy (non-hydrogen) atoms. The van der Waals surface area contributed by atoms with E-state index < -0.39 is 19.0 Å². The molecule has 0 aliphatic heterocycles. The fourth-order valence-electron chi connectivity index (χ4n) is 1.56. The van der Waals surface area contributed by atoms with E-state index in [1.54, 1.807) is 13.0 Å². The average Bonchev–Trinajstić information content (AvgIpc) is 2.27. The van der Waals surface area contributed by atoms with Gasteiger partial charge in [-0.2, -0.15) is 14.0 Å². The van der Waals surface area contributed by atoms with Gasteiger partial charge < -0.3 is 9.84 Å². The summed E-state index contributed by atoms with van der Waals surface area (Å²) in [6.07, 6.45) is 0.119. The first-order valence-corrected chi connectivity index (χ1v) is 5.20. The summed E-state index contributed by atoms with van der Waals surface area (Å²) in [6.45, 7) is -1.26. The first kappa shape index (κ1) is 13.9. The zero-order valence-electron chi connectivity index (χ0n) is 9.61. The molecule has 0 amide bonds. The van der Waals surface area contributed by atoms with Gasteiger partial charge in [0.25, 0.3) is 0 Å². The Hall–Kier alpha value is -2.16. The maximum Gasteiger partial charge on any atom is 0.387 e. The molecule has 1 N–H and O–H groups in total. The molecule has 96 valence electrons. The van der Waals surface area contributed by atoms with Crippen LogP contribution in [0.4, 0.5) is 8.78 Å². The van der Waals surface area contributed by atoms with Gasteiger partial charge in [-0.3, -0.25) is 4.79 Å². The summed E-state index contributed by atoms with van der Waals surface area (Å²) in [5.74, 6) is -1.41. The summed E-state index contributed by atoms with van der Waals surface area (Å²) >= 11 is 0. The molecule has 0 atom stereocenters. The largest absolute Gasteiger partial charge is 0.481 e. The number of aliphatic carboxylic acids is 1. The van der Waals surface area contributed by atoms with Crippen molar-refractivity contribution in [1.29, 1.82) is 5.26 Å².